The van der Waals surface area contributed by atoms with Crippen LogP contribution in [0.25, 0.3) is 0 Å². The summed E-state index contributed by atoms with van der Waals surface area (Å²) in [5.41, 5.74) is 0. The number of allylic oxidation sites excluding steroid dienone is 2. The molecule has 0 amide bonds. The van der Waals surface area contributed by atoms with E-state index in [9.17, 15) is 8.42 Å². The maximum absolute atomic E-state index is 10.8. The van der Waals surface area contributed by atoms with Gasteiger partial charge < -0.3 is 0 Å². The van der Waals surface area contributed by atoms with Crippen LogP contribution in [0.4, 0.5) is 0 Å². The van der Waals surface area contributed by atoms with Crippen LogP contribution >= 0.6 is 0 Å². The van der Waals surface area contributed by atoms with Gasteiger partial charge in [0.15, 0.2) is 0 Å². The molecule has 0 saturated heterocycles. The van der Waals surface area contributed by atoms with Gasteiger partial charge in [0.05, 0.1) is 12.9 Å². The van der Waals surface area contributed by atoms with Gasteiger partial charge in [-0.1, -0.05) is 12.2 Å². The van der Waals surface area contributed by atoms with E-state index in [1.54, 1.807) is 0 Å². The highest BCUT2D eigenvalue weighted by atomic mass is 32.2. The normalized spacial score (nSPS) is 26.5. The minimum absolute atomic E-state index is 0.354. The molecule has 0 fully saturated rings. The monoisotopic (exact) mass is 218 g/mol. The smallest absolute Gasteiger partial charge is 0.264 e. The Balaban J connectivity index is 2.32. The second-order valence-corrected chi connectivity index (χ2v) is 5.48. The molecule has 82 valence electrons. The van der Waals surface area contributed by atoms with Gasteiger partial charge in [-0.05, 0) is 38.0 Å². The summed E-state index contributed by atoms with van der Waals surface area (Å²) in [7, 11) is -3.26. The third-order valence-corrected chi connectivity index (χ3v) is 2.97. The molecule has 0 radical (unpaired) electrons. The zero-order chi connectivity index (χ0) is 10.4. The molecule has 0 N–H and O–H groups in total. The van der Waals surface area contributed by atoms with Crippen LogP contribution in [-0.2, 0) is 14.3 Å². The fraction of sp³-hybridized carbons (Fsp3) is 0.800. The van der Waals surface area contributed by atoms with Crippen LogP contribution in [0.15, 0.2) is 12.2 Å². The Labute approximate surface area is 86.3 Å². The molecule has 14 heavy (non-hydrogen) atoms. The van der Waals surface area contributed by atoms with E-state index in [1.165, 1.54) is 0 Å². The Morgan fingerprint density at radius 2 is 2.00 bits per heavy atom. The van der Waals surface area contributed by atoms with Gasteiger partial charge in [-0.3, -0.25) is 4.18 Å². The third kappa shape index (κ3) is 5.40. The highest BCUT2D eigenvalue weighted by Crippen LogP contribution is 2.19. The summed E-state index contributed by atoms with van der Waals surface area (Å²) in [6.45, 7) is 0.354. The minimum Gasteiger partial charge on any atom is -0.270 e. The Morgan fingerprint density at radius 3 is 2.71 bits per heavy atom. The van der Waals surface area contributed by atoms with Gasteiger partial charge in [0.25, 0.3) is 10.1 Å². The largest absolute Gasteiger partial charge is 0.270 e. The molecule has 0 aliphatic heterocycles. The summed E-state index contributed by atoms with van der Waals surface area (Å²) in [5, 5.41) is 0. The second kappa shape index (κ2) is 5.51. The molecule has 1 atom stereocenters. The molecule has 1 aliphatic rings. The quantitative estimate of drug-likeness (QED) is 0.538. The van der Waals surface area contributed by atoms with Crippen molar-refractivity contribution >= 4 is 10.1 Å². The molecular formula is C10H18O3S. The highest BCUT2D eigenvalue weighted by Gasteiger charge is 2.12. The summed E-state index contributed by atoms with van der Waals surface area (Å²) >= 11 is 0. The lowest BCUT2D eigenvalue weighted by Crippen LogP contribution is -2.14. The molecule has 0 bridgehead atoms. The van der Waals surface area contributed by atoms with Crippen LogP contribution in [0.1, 0.15) is 32.1 Å². The first-order chi connectivity index (χ1) is 6.58. The molecule has 0 spiro atoms. The van der Waals surface area contributed by atoms with Gasteiger partial charge in [0.1, 0.15) is 0 Å². The van der Waals surface area contributed by atoms with Crippen LogP contribution in [-0.4, -0.2) is 21.3 Å². The van der Waals surface area contributed by atoms with Gasteiger partial charge in [-0.2, -0.15) is 8.42 Å². The average molecular weight is 218 g/mol. The van der Waals surface area contributed by atoms with Crippen LogP contribution in [0.5, 0.6) is 0 Å². The van der Waals surface area contributed by atoms with Gasteiger partial charge in [-0.15, -0.1) is 0 Å². The van der Waals surface area contributed by atoms with Crippen molar-refractivity contribution in [1.29, 1.82) is 0 Å². The third-order valence-electron chi connectivity index (χ3n) is 2.41. The molecule has 1 unspecified atom stereocenters. The van der Waals surface area contributed by atoms with E-state index in [-0.39, 0.29) is 0 Å². The fourth-order valence-electron chi connectivity index (χ4n) is 1.62. The van der Waals surface area contributed by atoms with Crippen molar-refractivity contribution in [2.24, 2.45) is 5.92 Å². The van der Waals surface area contributed by atoms with E-state index in [0.29, 0.717) is 12.5 Å². The highest BCUT2D eigenvalue weighted by molar-refractivity contribution is 7.85. The van der Waals surface area contributed by atoms with Crippen LogP contribution < -0.4 is 0 Å². The molecule has 1 aliphatic carbocycles. The number of hydrogen-bond acceptors (Lipinski definition) is 3. The van der Waals surface area contributed by atoms with Crippen molar-refractivity contribution in [2.45, 2.75) is 32.1 Å². The summed E-state index contributed by atoms with van der Waals surface area (Å²) < 4.78 is 26.4. The Kier molecular flexibility index (Phi) is 4.62. The van der Waals surface area contributed by atoms with Crippen LogP contribution in [0, 0.1) is 5.92 Å². The van der Waals surface area contributed by atoms with Crippen molar-refractivity contribution < 1.29 is 12.6 Å². The molecule has 4 heteroatoms. The van der Waals surface area contributed by atoms with E-state index in [0.717, 1.165) is 38.4 Å². The van der Waals surface area contributed by atoms with E-state index < -0.39 is 10.1 Å². The first-order valence-electron chi connectivity index (χ1n) is 5.07. The molecular weight excluding hydrogens is 200 g/mol. The van der Waals surface area contributed by atoms with Crippen molar-refractivity contribution in [3.8, 4) is 0 Å². The first-order valence-corrected chi connectivity index (χ1v) is 6.89. The molecule has 1 rings (SSSR count). The van der Waals surface area contributed by atoms with Gasteiger partial charge in [0, 0.05) is 0 Å². The number of hydrogen-bond donors (Lipinski definition) is 0. The van der Waals surface area contributed by atoms with Crippen LogP contribution in [0.3, 0.4) is 0 Å². The predicted octanol–water partition coefficient (Wildman–Crippen LogP) is 2.10. The minimum atomic E-state index is -3.26. The fourth-order valence-corrected chi connectivity index (χ4v) is 2.06. The van der Waals surface area contributed by atoms with Crippen molar-refractivity contribution in [3.05, 3.63) is 12.2 Å². The SMILES string of the molecule is CS(=O)(=O)OCC1CC/C=C\CCC1. The standard InChI is InChI=1S/C10H18O3S/c1-14(11,12)13-9-10-7-5-3-2-4-6-8-10/h2-3,10H,4-9H2,1H3/b3-2-. The van der Waals surface area contributed by atoms with E-state index in [4.69, 9.17) is 4.18 Å². The second-order valence-electron chi connectivity index (χ2n) is 3.83. The van der Waals surface area contributed by atoms with Crippen molar-refractivity contribution in [3.63, 3.8) is 0 Å². The van der Waals surface area contributed by atoms with E-state index in [1.807, 2.05) is 0 Å². The Bertz CT molecular complexity index is 280. The Morgan fingerprint density at radius 1 is 1.29 bits per heavy atom. The van der Waals surface area contributed by atoms with Crippen molar-refractivity contribution in [1.82, 2.24) is 0 Å². The summed E-state index contributed by atoms with van der Waals surface area (Å²) in [4.78, 5) is 0. The first kappa shape index (κ1) is 11.7. The topological polar surface area (TPSA) is 43.4 Å². The lowest BCUT2D eigenvalue weighted by Gasteiger charge is -2.16. The summed E-state index contributed by atoms with van der Waals surface area (Å²) in [5.74, 6) is 0.398. The predicted molar refractivity (Wildman–Crippen MR) is 56.5 cm³/mol. The Hall–Kier alpha value is -0.350. The zero-order valence-electron chi connectivity index (χ0n) is 8.61. The zero-order valence-corrected chi connectivity index (χ0v) is 9.42. The molecule has 3 nitrogen and oxygen atoms in total. The van der Waals surface area contributed by atoms with E-state index >= 15 is 0 Å². The van der Waals surface area contributed by atoms with E-state index in [2.05, 4.69) is 12.2 Å². The molecule has 0 heterocycles. The molecule has 0 saturated carbocycles. The lowest BCUT2D eigenvalue weighted by atomic mass is 9.95. The van der Waals surface area contributed by atoms with Crippen LogP contribution in [0.2, 0.25) is 0 Å². The molecule has 0 aromatic carbocycles. The van der Waals surface area contributed by atoms with Gasteiger partial charge in [-0.25, -0.2) is 0 Å². The average Bonchev–Trinajstić information content (AvgIpc) is 2.00. The number of rotatable bonds is 3. The summed E-state index contributed by atoms with van der Waals surface area (Å²) in [6.07, 6.45) is 10.9. The molecule has 0 aromatic heterocycles. The maximum atomic E-state index is 10.8. The van der Waals surface area contributed by atoms with Gasteiger partial charge >= 0.3 is 0 Å². The van der Waals surface area contributed by atoms with Gasteiger partial charge in [0.2, 0.25) is 0 Å². The van der Waals surface area contributed by atoms with Crippen molar-refractivity contribution in [2.75, 3.05) is 12.9 Å². The molecule has 0 aromatic rings. The maximum Gasteiger partial charge on any atom is 0.264 e. The summed E-state index contributed by atoms with van der Waals surface area (Å²) in [6, 6.07) is 0. The lowest BCUT2D eigenvalue weighted by molar-refractivity contribution is 0.236.